The summed E-state index contributed by atoms with van der Waals surface area (Å²) in [6.07, 6.45) is 1.04. The quantitative estimate of drug-likeness (QED) is 0.715. The average Bonchev–Trinajstić information content (AvgIpc) is 3.10. The number of tetrazole rings is 1. The zero-order chi connectivity index (χ0) is 15.9. The van der Waals surface area contributed by atoms with Gasteiger partial charge in [0, 0.05) is 5.92 Å². The Morgan fingerprint density at radius 2 is 1.54 bits per heavy atom. The number of aromatic amines is 1. The summed E-state index contributed by atoms with van der Waals surface area (Å²) >= 11 is 0. The van der Waals surface area contributed by atoms with Gasteiger partial charge in [0.25, 0.3) is 0 Å². The van der Waals surface area contributed by atoms with Crippen molar-refractivity contribution >= 4 is 12.4 Å². The molecule has 0 aliphatic rings. The molecule has 0 fully saturated rings. The van der Waals surface area contributed by atoms with Crippen LogP contribution in [-0.4, -0.2) is 39.1 Å². The molecule has 1 aromatic heterocycles. The second-order valence-corrected chi connectivity index (χ2v) is 5.73. The Labute approximate surface area is 148 Å². The first-order valence-corrected chi connectivity index (χ1v) is 7.83. The van der Waals surface area contributed by atoms with E-state index >= 15 is 0 Å². The van der Waals surface area contributed by atoms with E-state index in [0.717, 1.165) is 18.8 Å². The Kier molecular flexibility index (Phi) is 6.90. The molecule has 0 radical (unpaired) electrons. The molecular formula is C18H22ClN5. The van der Waals surface area contributed by atoms with Gasteiger partial charge in [-0.05, 0) is 31.1 Å². The Morgan fingerprint density at radius 3 is 2.04 bits per heavy atom. The summed E-state index contributed by atoms with van der Waals surface area (Å²) in [5.41, 5.74) is 2.71. The molecule has 0 atom stereocenters. The third kappa shape index (κ3) is 4.88. The van der Waals surface area contributed by atoms with Crippen LogP contribution in [0.1, 0.15) is 29.3 Å². The van der Waals surface area contributed by atoms with Gasteiger partial charge in [-0.2, -0.15) is 5.21 Å². The molecule has 1 heterocycles. The van der Waals surface area contributed by atoms with Gasteiger partial charge in [0.15, 0.2) is 5.82 Å². The first-order chi connectivity index (χ1) is 11.3. The van der Waals surface area contributed by atoms with Gasteiger partial charge in [-0.1, -0.05) is 65.9 Å². The first-order valence-electron chi connectivity index (χ1n) is 7.83. The van der Waals surface area contributed by atoms with E-state index in [1.165, 1.54) is 11.1 Å². The van der Waals surface area contributed by atoms with Gasteiger partial charge < -0.3 is 0 Å². The molecule has 0 aliphatic heterocycles. The number of H-pyrrole nitrogens is 1. The fraction of sp³-hybridized carbons (Fsp3) is 0.278. The largest absolute Gasteiger partial charge is 0.299 e. The summed E-state index contributed by atoms with van der Waals surface area (Å²) in [4.78, 5) is 2.23. The zero-order valence-electron chi connectivity index (χ0n) is 13.7. The van der Waals surface area contributed by atoms with Crippen molar-refractivity contribution in [3.05, 3.63) is 77.6 Å². The van der Waals surface area contributed by atoms with E-state index in [-0.39, 0.29) is 12.4 Å². The number of hydrogen-bond donors (Lipinski definition) is 1. The normalized spacial score (nSPS) is 10.8. The van der Waals surface area contributed by atoms with Crippen molar-refractivity contribution in [3.63, 3.8) is 0 Å². The molecule has 0 spiro atoms. The molecule has 0 unspecified atom stereocenters. The predicted octanol–water partition coefficient (Wildman–Crippen LogP) is 3.28. The van der Waals surface area contributed by atoms with E-state index in [1.807, 2.05) is 0 Å². The minimum Gasteiger partial charge on any atom is -0.299 e. The summed E-state index contributed by atoms with van der Waals surface area (Å²) in [7, 11) is 2.09. The molecule has 5 nitrogen and oxygen atoms in total. The monoisotopic (exact) mass is 343 g/mol. The molecular weight excluding hydrogens is 322 g/mol. The molecule has 0 aliphatic carbocycles. The Balaban J connectivity index is 0.00000208. The van der Waals surface area contributed by atoms with Crippen LogP contribution >= 0.6 is 12.4 Å². The zero-order valence-corrected chi connectivity index (χ0v) is 14.5. The topological polar surface area (TPSA) is 57.7 Å². The molecule has 24 heavy (non-hydrogen) atoms. The van der Waals surface area contributed by atoms with Crippen molar-refractivity contribution in [1.29, 1.82) is 0 Å². The van der Waals surface area contributed by atoms with Crippen LogP contribution in [0.5, 0.6) is 0 Å². The van der Waals surface area contributed by atoms with Gasteiger partial charge in [-0.15, -0.1) is 22.6 Å². The van der Waals surface area contributed by atoms with E-state index in [9.17, 15) is 0 Å². The Morgan fingerprint density at radius 1 is 0.958 bits per heavy atom. The molecule has 3 aromatic rings. The van der Waals surface area contributed by atoms with E-state index in [4.69, 9.17) is 0 Å². The predicted molar refractivity (Wildman–Crippen MR) is 97.1 cm³/mol. The fourth-order valence-corrected chi connectivity index (χ4v) is 2.82. The van der Waals surface area contributed by atoms with Crippen molar-refractivity contribution in [2.75, 3.05) is 13.6 Å². The van der Waals surface area contributed by atoms with E-state index < -0.39 is 0 Å². The lowest BCUT2D eigenvalue weighted by atomic mass is 9.88. The molecule has 0 bridgehead atoms. The van der Waals surface area contributed by atoms with Crippen LogP contribution in [0.25, 0.3) is 0 Å². The first kappa shape index (κ1) is 18.1. The molecule has 126 valence electrons. The van der Waals surface area contributed by atoms with Crippen molar-refractivity contribution in [2.45, 2.75) is 18.9 Å². The lowest BCUT2D eigenvalue weighted by Gasteiger charge is -2.22. The fourth-order valence-electron chi connectivity index (χ4n) is 2.82. The summed E-state index contributed by atoms with van der Waals surface area (Å²) in [6.45, 7) is 1.66. The standard InChI is InChI=1S/C18H21N5.ClH/c1-23(14-18-19-21-22-20-18)13-12-17(15-8-4-2-5-9-15)16-10-6-3-7-11-16;/h2-11,17H,12-14H2,1H3,(H,19,20,21,22);1H. The van der Waals surface area contributed by atoms with Crippen LogP contribution in [0.2, 0.25) is 0 Å². The molecule has 2 aromatic carbocycles. The van der Waals surface area contributed by atoms with Crippen LogP contribution in [0.4, 0.5) is 0 Å². The van der Waals surface area contributed by atoms with Gasteiger partial charge in [0.05, 0.1) is 6.54 Å². The summed E-state index contributed by atoms with van der Waals surface area (Å²) < 4.78 is 0. The average molecular weight is 344 g/mol. The molecule has 0 amide bonds. The highest BCUT2D eigenvalue weighted by atomic mass is 35.5. The van der Waals surface area contributed by atoms with Crippen molar-refractivity contribution in [2.24, 2.45) is 0 Å². The highest BCUT2D eigenvalue weighted by Crippen LogP contribution is 2.27. The number of aromatic nitrogens is 4. The van der Waals surface area contributed by atoms with E-state index in [1.54, 1.807) is 0 Å². The highest BCUT2D eigenvalue weighted by Gasteiger charge is 2.15. The number of nitrogens with zero attached hydrogens (tertiary/aromatic N) is 4. The van der Waals surface area contributed by atoms with Gasteiger partial charge in [-0.3, -0.25) is 4.90 Å². The van der Waals surface area contributed by atoms with E-state index in [0.29, 0.717) is 12.5 Å². The Bertz CT molecular complexity index is 648. The maximum atomic E-state index is 4.01. The lowest BCUT2D eigenvalue weighted by Crippen LogP contribution is -2.22. The van der Waals surface area contributed by atoms with Crippen molar-refractivity contribution in [3.8, 4) is 0 Å². The number of rotatable bonds is 7. The molecule has 1 N–H and O–H groups in total. The number of benzene rings is 2. The van der Waals surface area contributed by atoms with Crippen molar-refractivity contribution in [1.82, 2.24) is 25.5 Å². The van der Waals surface area contributed by atoms with Gasteiger partial charge in [0.1, 0.15) is 0 Å². The van der Waals surface area contributed by atoms with Gasteiger partial charge >= 0.3 is 0 Å². The third-order valence-electron chi connectivity index (χ3n) is 4.00. The molecule has 0 saturated heterocycles. The lowest BCUT2D eigenvalue weighted by molar-refractivity contribution is 0.308. The van der Waals surface area contributed by atoms with Crippen LogP contribution in [-0.2, 0) is 6.54 Å². The van der Waals surface area contributed by atoms with Crippen LogP contribution in [0.3, 0.4) is 0 Å². The van der Waals surface area contributed by atoms with Crippen LogP contribution in [0.15, 0.2) is 60.7 Å². The van der Waals surface area contributed by atoms with E-state index in [2.05, 4.69) is 93.2 Å². The minimum absolute atomic E-state index is 0. The maximum absolute atomic E-state index is 4.01. The van der Waals surface area contributed by atoms with Gasteiger partial charge in [-0.25, -0.2) is 0 Å². The molecule has 6 heteroatoms. The third-order valence-corrected chi connectivity index (χ3v) is 4.00. The molecule has 3 rings (SSSR count). The number of nitrogens with one attached hydrogen (secondary N) is 1. The Hall–Kier alpha value is -2.24. The second kappa shape index (κ2) is 9.15. The minimum atomic E-state index is 0. The van der Waals surface area contributed by atoms with Crippen LogP contribution in [0, 0.1) is 0 Å². The summed E-state index contributed by atoms with van der Waals surface area (Å²) in [6, 6.07) is 21.4. The highest BCUT2D eigenvalue weighted by molar-refractivity contribution is 5.85. The summed E-state index contributed by atoms with van der Waals surface area (Å²) in [5.74, 6) is 1.12. The van der Waals surface area contributed by atoms with Crippen LogP contribution < -0.4 is 0 Å². The summed E-state index contributed by atoms with van der Waals surface area (Å²) in [5, 5.41) is 14.1. The molecule has 0 saturated carbocycles. The maximum Gasteiger partial charge on any atom is 0.188 e. The van der Waals surface area contributed by atoms with Gasteiger partial charge in [0.2, 0.25) is 0 Å². The smallest absolute Gasteiger partial charge is 0.188 e. The van der Waals surface area contributed by atoms with Crippen molar-refractivity contribution < 1.29 is 0 Å². The number of hydrogen-bond acceptors (Lipinski definition) is 4. The SMILES string of the molecule is CN(CCC(c1ccccc1)c1ccccc1)Cc1nn[nH]n1.Cl. The number of halogens is 1. The second-order valence-electron chi connectivity index (χ2n) is 5.73.